The third kappa shape index (κ3) is 2.66. The van der Waals surface area contributed by atoms with Crippen LogP contribution in [-0.4, -0.2) is 22.5 Å². The molecule has 1 heterocycles. The Morgan fingerprint density at radius 3 is 2.95 bits per heavy atom. The second-order valence-electron chi connectivity index (χ2n) is 5.22. The number of fused-ring (bicyclic) bond motifs is 1. The van der Waals surface area contributed by atoms with Crippen molar-refractivity contribution in [3.05, 3.63) is 21.9 Å². The summed E-state index contributed by atoms with van der Waals surface area (Å²) in [4.78, 5) is 24.9. The maximum Gasteiger partial charge on any atom is 0.329 e. The molecule has 0 fully saturated rings. The van der Waals surface area contributed by atoms with Crippen molar-refractivity contribution in [3.63, 3.8) is 0 Å². The van der Waals surface area contributed by atoms with Gasteiger partial charge >= 0.3 is 5.97 Å². The Kier molecular flexibility index (Phi) is 3.94. The van der Waals surface area contributed by atoms with Gasteiger partial charge in [-0.3, -0.25) is 4.79 Å². The fraction of sp³-hybridized carbons (Fsp3) is 0.571. The zero-order valence-corrected chi connectivity index (χ0v) is 12.0. The number of nitrogens with one attached hydrogen (secondary N) is 1. The van der Waals surface area contributed by atoms with E-state index in [4.69, 9.17) is 0 Å². The van der Waals surface area contributed by atoms with Crippen LogP contribution in [0.3, 0.4) is 0 Å². The Hall–Kier alpha value is -1.36. The molecular weight excluding hydrogens is 262 g/mol. The molecule has 1 amide bonds. The van der Waals surface area contributed by atoms with Crippen molar-refractivity contribution >= 4 is 23.2 Å². The predicted molar refractivity (Wildman–Crippen MR) is 74.5 cm³/mol. The van der Waals surface area contributed by atoms with Crippen molar-refractivity contribution in [1.29, 1.82) is 0 Å². The molecule has 2 unspecified atom stereocenters. The first-order chi connectivity index (χ1) is 8.98. The Balaban J connectivity index is 2.16. The topological polar surface area (TPSA) is 66.4 Å². The van der Waals surface area contributed by atoms with E-state index in [9.17, 15) is 14.7 Å². The van der Waals surface area contributed by atoms with Crippen LogP contribution in [0.4, 0.5) is 0 Å². The van der Waals surface area contributed by atoms with Gasteiger partial charge in [0.2, 0.25) is 5.91 Å². The molecule has 2 N–H and O–H groups in total. The molecule has 19 heavy (non-hydrogen) atoms. The number of amides is 1. The van der Waals surface area contributed by atoms with Crippen molar-refractivity contribution in [3.8, 4) is 0 Å². The van der Waals surface area contributed by atoms with E-state index in [1.807, 2.05) is 11.4 Å². The third-order valence-corrected chi connectivity index (χ3v) is 4.94. The Morgan fingerprint density at radius 2 is 2.32 bits per heavy atom. The maximum atomic E-state index is 12.4. The molecule has 0 aliphatic heterocycles. The molecule has 1 aromatic rings. The van der Waals surface area contributed by atoms with Gasteiger partial charge < -0.3 is 10.4 Å². The van der Waals surface area contributed by atoms with E-state index in [-0.39, 0.29) is 11.8 Å². The minimum absolute atomic E-state index is 0.161. The number of carboxylic acids is 1. The fourth-order valence-corrected chi connectivity index (χ4v) is 3.40. The van der Waals surface area contributed by atoms with Gasteiger partial charge in [-0.1, -0.05) is 6.92 Å². The Labute approximate surface area is 116 Å². The highest BCUT2D eigenvalue weighted by Crippen LogP contribution is 2.35. The average molecular weight is 281 g/mol. The first kappa shape index (κ1) is 14.1. The number of thiophene rings is 1. The zero-order chi connectivity index (χ0) is 14.0. The van der Waals surface area contributed by atoms with E-state index >= 15 is 0 Å². The lowest BCUT2D eigenvalue weighted by atomic mass is 9.86. The second-order valence-corrected chi connectivity index (χ2v) is 6.22. The summed E-state index contributed by atoms with van der Waals surface area (Å²) in [6, 6.07) is 1.99. The lowest BCUT2D eigenvalue weighted by molar-refractivity contribution is -0.147. The van der Waals surface area contributed by atoms with Gasteiger partial charge in [0, 0.05) is 4.88 Å². The molecular formula is C14H19NO3S. The van der Waals surface area contributed by atoms with Gasteiger partial charge in [-0.15, -0.1) is 11.3 Å². The van der Waals surface area contributed by atoms with Crippen molar-refractivity contribution in [2.45, 2.75) is 51.0 Å². The quantitative estimate of drug-likeness (QED) is 0.891. The summed E-state index contributed by atoms with van der Waals surface area (Å²) in [6.45, 7) is 3.33. The number of hydrogen-bond donors (Lipinski definition) is 2. The molecule has 0 aromatic carbocycles. The molecule has 1 aliphatic rings. The lowest BCUT2D eigenvalue weighted by Crippen LogP contribution is -2.53. The number of hydrogen-bond acceptors (Lipinski definition) is 3. The van der Waals surface area contributed by atoms with Crippen LogP contribution in [0.5, 0.6) is 0 Å². The summed E-state index contributed by atoms with van der Waals surface area (Å²) >= 11 is 1.68. The zero-order valence-electron chi connectivity index (χ0n) is 11.2. The molecule has 0 bridgehead atoms. The smallest absolute Gasteiger partial charge is 0.329 e. The SMILES string of the molecule is CCC(C)(NC(=O)C1CCCc2sccc21)C(=O)O. The highest BCUT2D eigenvalue weighted by atomic mass is 32.1. The number of aliphatic carboxylic acids is 1. The number of aryl methyl sites for hydroxylation is 1. The summed E-state index contributed by atoms with van der Waals surface area (Å²) in [5, 5.41) is 13.9. The molecule has 5 heteroatoms. The largest absolute Gasteiger partial charge is 0.480 e. The summed E-state index contributed by atoms with van der Waals surface area (Å²) < 4.78 is 0. The predicted octanol–water partition coefficient (Wildman–Crippen LogP) is 2.54. The average Bonchev–Trinajstić information content (AvgIpc) is 2.86. The van der Waals surface area contributed by atoms with Crippen LogP contribution in [0.2, 0.25) is 0 Å². The van der Waals surface area contributed by atoms with E-state index in [1.165, 1.54) is 4.88 Å². The molecule has 1 aromatic heterocycles. The summed E-state index contributed by atoms with van der Waals surface area (Å²) in [5.74, 6) is -1.34. The van der Waals surface area contributed by atoms with Crippen LogP contribution >= 0.6 is 11.3 Å². The summed E-state index contributed by atoms with van der Waals surface area (Å²) in [7, 11) is 0. The Bertz CT molecular complexity index is 497. The molecule has 2 atom stereocenters. The van der Waals surface area contributed by atoms with E-state index in [0.29, 0.717) is 6.42 Å². The van der Waals surface area contributed by atoms with Crippen molar-refractivity contribution in [2.24, 2.45) is 0 Å². The van der Waals surface area contributed by atoms with Gasteiger partial charge in [0.25, 0.3) is 0 Å². The molecule has 0 radical (unpaired) electrons. The minimum Gasteiger partial charge on any atom is -0.480 e. The molecule has 0 saturated heterocycles. The van der Waals surface area contributed by atoms with Crippen LogP contribution in [0.1, 0.15) is 49.5 Å². The molecule has 1 aliphatic carbocycles. The minimum atomic E-state index is -1.18. The number of carboxylic acid groups (broad SMARTS) is 1. The standard InChI is InChI=1S/C14H19NO3S/c1-3-14(2,13(17)18)15-12(16)10-5-4-6-11-9(10)7-8-19-11/h7-8,10H,3-6H2,1-2H3,(H,15,16)(H,17,18). The fourth-order valence-electron chi connectivity index (χ4n) is 2.41. The second kappa shape index (κ2) is 5.33. The van der Waals surface area contributed by atoms with Crippen LogP contribution in [-0.2, 0) is 16.0 Å². The Morgan fingerprint density at radius 1 is 1.58 bits per heavy atom. The number of carbonyl (C=O) groups excluding carboxylic acids is 1. The van der Waals surface area contributed by atoms with Crippen LogP contribution < -0.4 is 5.32 Å². The molecule has 104 valence electrons. The van der Waals surface area contributed by atoms with Gasteiger partial charge in [-0.2, -0.15) is 0 Å². The van der Waals surface area contributed by atoms with Gasteiger partial charge in [0.1, 0.15) is 5.54 Å². The molecule has 4 nitrogen and oxygen atoms in total. The lowest BCUT2D eigenvalue weighted by Gasteiger charge is -2.29. The number of carbonyl (C=O) groups is 2. The van der Waals surface area contributed by atoms with E-state index in [1.54, 1.807) is 25.2 Å². The number of rotatable bonds is 4. The van der Waals surface area contributed by atoms with Crippen molar-refractivity contribution < 1.29 is 14.7 Å². The normalized spacial score (nSPS) is 21.3. The van der Waals surface area contributed by atoms with Gasteiger partial charge in [0.15, 0.2) is 0 Å². The molecule has 0 saturated carbocycles. The first-order valence-electron chi connectivity index (χ1n) is 6.59. The van der Waals surface area contributed by atoms with Crippen molar-refractivity contribution in [1.82, 2.24) is 5.32 Å². The first-order valence-corrected chi connectivity index (χ1v) is 7.47. The van der Waals surface area contributed by atoms with Crippen LogP contribution in [0, 0.1) is 0 Å². The highest BCUT2D eigenvalue weighted by molar-refractivity contribution is 7.10. The molecule has 2 rings (SSSR count). The third-order valence-electron chi connectivity index (χ3n) is 3.95. The van der Waals surface area contributed by atoms with Gasteiger partial charge in [0.05, 0.1) is 5.92 Å². The van der Waals surface area contributed by atoms with Gasteiger partial charge in [-0.05, 0) is 49.6 Å². The van der Waals surface area contributed by atoms with Crippen LogP contribution in [0.15, 0.2) is 11.4 Å². The van der Waals surface area contributed by atoms with Crippen LogP contribution in [0.25, 0.3) is 0 Å². The molecule has 0 spiro atoms. The van der Waals surface area contributed by atoms with Gasteiger partial charge in [-0.25, -0.2) is 4.79 Å². The summed E-state index contributed by atoms with van der Waals surface area (Å²) in [5.41, 5.74) is -0.0948. The van der Waals surface area contributed by atoms with Crippen molar-refractivity contribution in [2.75, 3.05) is 0 Å². The van der Waals surface area contributed by atoms with E-state index in [0.717, 1.165) is 24.8 Å². The van der Waals surface area contributed by atoms with E-state index in [2.05, 4.69) is 5.32 Å². The monoisotopic (exact) mass is 281 g/mol. The summed E-state index contributed by atoms with van der Waals surface area (Å²) in [6.07, 6.45) is 3.19. The highest BCUT2D eigenvalue weighted by Gasteiger charge is 2.36. The van der Waals surface area contributed by atoms with E-state index < -0.39 is 11.5 Å². The maximum absolute atomic E-state index is 12.4.